The van der Waals surface area contributed by atoms with E-state index in [1.54, 1.807) is 7.11 Å². The van der Waals surface area contributed by atoms with Gasteiger partial charge in [-0.15, -0.1) is 0 Å². The average Bonchev–Trinajstić information content (AvgIpc) is 2.83. The van der Waals surface area contributed by atoms with E-state index in [0.29, 0.717) is 6.42 Å². The summed E-state index contributed by atoms with van der Waals surface area (Å²) in [5.74, 6) is -0.201. The van der Waals surface area contributed by atoms with E-state index in [2.05, 4.69) is 0 Å². The lowest BCUT2D eigenvalue weighted by molar-refractivity contribution is -0.142. The molecule has 1 aromatic rings. The highest BCUT2D eigenvalue weighted by Crippen LogP contribution is 2.27. The molecule has 1 saturated heterocycles. The molecule has 4 heteroatoms. The molecule has 0 aromatic heterocycles. The van der Waals surface area contributed by atoms with Crippen molar-refractivity contribution in [1.82, 2.24) is 0 Å². The summed E-state index contributed by atoms with van der Waals surface area (Å²) < 4.78 is 10.2. The van der Waals surface area contributed by atoms with Gasteiger partial charge in [0.1, 0.15) is 6.04 Å². The molecule has 0 N–H and O–H groups in total. The molecule has 0 aliphatic carbocycles. The molecular weight excluding hydrogens is 218 g/mol. The molecule has 0 amide bonds. The van der Waals surface area contributed by atoms with Crippen molar-refractivity contribution in [1.29, 1.82) is 0 Å². The number of benzene rings is 1. The maximum Gasteiger partial charge on any atom is 0.328 e. The number of carbonyl (C=O) groups excluding carboxylic acids is 1. The van der Waals surface area contributed by atoms with Gasteiger partial charge in [0, 0.05) is 25.8 Å². The minimum Gasteiger partial charge on any atom is -0.467 e. The van der Waals surface area contributed by atoms with Crippen molar-refractivity contribution in [3.8, 4) is 0 Å². The van der Waals surface area contributed by atoms with Gasteiger partial charge in [0.15, 0.2) is 0 Å². The summed E-state index contributed by atoms with van der Waals surface area (Å²) in [6.07, 6.45) is 0.761. The zero-order valence-corrected chi connectivity index (χ0v) is 10.1. The van der Waals surface area contributed by atoms with Crippen LogP contribution in [-0.2, 0) is 14.3 Å². The summed E-state index contributed by atoms with van der Waals surface area (Å²) >= 11 is 0. The first-order valence-electron chi connectivity index (χ1n) is 5.68. The summed E-state index contributed by atoms with van der Waals surface area (Å²) in [6, 6.07) is 9.63. The molecule has 2 rings (SSSR count). The SMILES string of the molecule is COC(=O)[C@H]1C[C@H](OC)CN1c1ccccc1. The van der Waals surface area contributed by atoms with Crippen LogP contribution in [0.3, 0.4) is 0 Å². The van der Waals surface area contributed by atoms with E-state index in [9.17, 15) is 4.79 Å². The Morgan fingerprint density at radius 3 is 2.59 bits per heavy atom. The lowest BCUT2D eigenvalue weighted by Crippen LogP contribution is -2.36. The number of carbonyl (C=O) groups is 1. The molecule has 4 nitrogen and oxygen atoms in total. The molecule has 1 aliphatic heterocycles. The molecule has 2 atom stereocenters. The Bertz CT molecular complexity index is 380. The topological polar surface area (TPSA) is 38.8 Å². The monoisotopic (exact) mass is 235 g/mol. The van der Waals surface area contributed by atoms with Crippen molar-refractivity contribution < 1.29 is 14.3 Å². The van der Waals surface area contributed by atoms with E-state index >= 15 is 0 Å². The van der Waals surface area contributed by atoms with Crippen LogP contribution in [0.1, 0.15) is 6.42 Å². The van der Waals surface area contributed by atoms with Crippen molar-refractivity contribution in [3.05, 3.63) is 30.3 Å². The smallest absolute Gasteiger partial charge is 0.328 e. The zero-order chi connectivity index (χ0) is 12.3. The Labute approximate surface area is 101 Å². The third-order valence-electron chi connectivity index (χ3n) is 3.16. The van der Waals surface area contributed by atoms with Gasteiger partial charge in [-0.2, -0.15) is 0 Å². The molecule has 0 unspecified atom stereocenters. The number of para-hydroxylation sites is 1. The fourth-order valence-corrected chi connectivity index (χ4v) is 2.23. The van der Waals surface area contributed by atoms with Gasteiger partial charge in [-0.3, -0.25) is 0 Å². The number of hydrogen-bond acceptors (Lipinski definition) is 4. The summed E-state index contributed by atoms with van der Waals surface area (Å²) in [6.45, 7) is 0.722. The highest BCUT2D eigenvalue weighted by atomic mass is 16.5. The van der Waals surface area contributed by atoms with Gasteiger partial charge in [0.25, 0.3) is 0 Å². The second kappa shape index (κ2) is 5.19. The number of anilines is 1. The molecule has 17 heavy (non-hydrogen) atoms. The molecule has 0 radical (unpaired) electrons. The van der Waals surface area contributed by atoms with E-state index in [1.165, 1.54) is 7.11 Å². The van der Waals surface area contributed by atoms with Crippen molar-refractivity contribution in [3.63, 3.8) is 0 Å². The van der Waals surface area contributed by atoms with Crippen LogP contribution >= 0.6 is 0 Å². The first-order valence-corrected chi connectivity index (χ1v) is 5.68. The van der Waals surface area contributed by atoms with E-state index in [-0.39, 0.29) is 18.1 Å². The number of esters is 1. The van der Waals surface area contributed by atoms with Gasteiger partial charge in [0.05, 0.1) is 13.2 Å². The van der Waals surface area contributed by atoms with Gasteiger partial charge < -0.3 is 14.4 Å². The summed E-state index contributed by atoms with van der Waals surface area (Å²) in [4.78, 5) is 13.8. The minimum absolute atomic E-state index is 0.0827. The van der Waals surface area contributed by atoms with Crippen LogP contribution in [0, 0.1) is 0 Å². The summed E-state index contributed by atoms with van der Waals surface area (Å²) in [5, 5.41) is 0. The van der Waals surface area contributed by atoms with Crippen molar-refractivity contribution in [2.24, 2.45) is 0 Å². The van der Waals surface area contributed by atoms with E-state index in [0.717, 1.165) is 12.2 Å². The summed E-state index contributed by atoms with van der Waals surface area (Å²) in [5.41, 5.74) is 1.03. The number of methoxy groups -OCH3 is 2. The largest absolute Gasteiger partial charge is 0.467 e. The van der Waals surface area contributed by atoms with E-state index in [4.69, 9.17) is 9.47 Å². The number of hydrogen-bond donors (Lipinski definition) is 0. The predicted octanol–water partition coefficient (Wildman–Crippen LogP) is 1.45. The molecule has 1 aliphatic rings. The first kappa shape index (κ1) is 11.9. The Hall–Kier alpha value is -1.55. The lowest BCUT2D eigenvalue weighted by Gasteiger charge is -2.24. The second-order valence-corrected chi connectivity index (χ2v) is 4.12. The minimum atomic E-state index is -0.243. The van der Waals surface area contributed by atoms with Crippen LogP contribution in [0.2, 0.25) is 0 Å². The molecule has 1 fully saturated rings. The standard InChI is InChI=1S/C13H17NO3/c1-16-11-8-12(13(15)17-2)14(9-11)10-6-4-3-5-7-10/h3-7,11-12H,8-9H2,1-2H3/t11-,12+/m0/s1. The average molecular weight is 235 g/mol. The second-order valence-electron chi connectivity index (χ2n) is 4.12. The first-order chi connectivity index (χ1) is 8.26. The fraction of sp³-hybridized carbons (Fsp3) is 0.462. The van der Waals surface area contributed by atoms with Crippen LogP contribution in [0.15, 0.2) is 30.3 Å². The third-order valence-corrected chi connectivity index (χ3v) is 3.16. The normalized spacial score (nSPS) is 23.8. The van der Waals surface area contributed by atoms with Crippen LogP contribution < -0.4 is 4.90 Å². The Balaban J connectivity index is 2.21. The molecular formula is C13H17NO3. The zero-order valence-electron chi connectivity index (χ0n) is 10.1. The van der Waals surface area contributed by atoms with Crippen molar-refractivity contribution >= 4 is 11.7 Å². The van der Waals surface area contributed by atoms with Gasteiger partial charge >= 0.3 is 5.97 Å². The Kier molecular flexibility index (Phi) is 3.64. The van der Waals surface area contributed by atoms with Crippen LogP contribution in [-0.4, -0.2) is 38.9 Å². The van der Waals surface area contributed by atoms with Gasteiger partial charge in [-0.05, 0) is 12.1 Å². The maximum atomic E-state index is 11.7. The predicted molar refractivity (Wildman–Crippen MR) is 65.0 cm³/mol. The quantitative estimate of drug-likeness (QED) is 0.743. The Morgan fingerprint density at radius 2 is 2.00 bits per heavy atom. The van der Waals surface area contributed by atoms with Crippen LogP contribution in [0.25, 0.3) is 0 Å². The number of nitrogens with zero attached hydrogens (tertiary/aromatic N) is 1. The van der Waals surface area contributed by atoms with E-state index in [1.807, 2.05) is 35.2 Å². The lowest BCUT2D eigenvalue weighted by atomic mass is 10.2. The highest BCUT2D eigenvalue weighted by molar-refractivity contribution is 5.81. The van der Waals surface area contributed by atoms with Crippen molar-refractivity contribution in [2.45, 2.75) is 18.6 Å². The molecule has 0 bridgehead atoms. The van der Waals surface area contributed by atoms with Crippen LogP contribution in [0.4, 0.5) is 5.69 Å². The third kappa shape index (κ3) is 2.42. The Morgan fingerprint density at radius 1 is 1.29 bits per heavy atom. The van der Waals surface area contributed by atoms with Crippen molar-refractivity contribution in [2.75, 3.05) is 25.7 Å². The van der Waals surface area contributed by atoms with Gasteiger partial charge in [-0.25, -0.2) is 4.79 Å². The maximum absolute atomic E-state index is 11.7. The molecule has 92 valence electrons. The molecule has 0 saturated carbocycles. The van der Waals surface area contributed by atoms with E-state index < -0.39 is 0 Å². The van der Waals surface area contributed by atoms with Gasteiger partial charge in [0.2, 0.25) is 0 Å². The summed E-state index contributed by atoms with van der Waals surface area (Å²) in [7, 11) is 3.10. The van der Waals surface area contributed by atoms with Crippen LogP contribution in [0.5, 0.6) is 0 Å². The fourth-order valence-electron chi connectivity index (χ4n) is 2.23. The number of ether oxygens (including phenoxy) is 2. The number of rotatable bonds is 3. The molecule has 0 spiro atoms. The highest BCUT2D eigenvalue weighted by Gasteiger charge is 2.37. The molecule has 1 aromatic carbocycles. The van der Waals surface area contributed by atoms with Gasteiger partial charge in [-0.1, -0.05) is 18.2 Å². The molecule has 1 heterocycles.